The average Bonchev–Trinajstić information content (AvgIpc) is 3.01. The van der Waals surface area contributed by atoms with Crippen LogP contribution < -0.4 is 0 Å². The molecule has 1 saturated heterocycles. The van der Waals surface area contributed by atoms with Crippen LogP contribution in [-0.4, -0.2) is 62.6 Å². The molecule has 7 nitrogen and oxygen atoms in total. The molecular weight excluding hydrogens is 366 g/mol. The maximum absolute atomic E-state index is 13.1. The average molecular weight is 396 g/mol. The second kappa shape index (κ2) is 8.76. The number of piperidine rings is 1. The zero-order valence-corrected chi connectivity index (χ0v) is 17.1. The van der Waals surface area contributed by atoms with Gasteiger partial charge in [-0.15, -0.1) is 0 Å². The molecular formula is C22H29N5O2. The van der Waals surface area contributed by atoms with Crippen LogP contribution in [-0.2, 0) is 29.0 Å². The van der Waals surface area contributed by atoms with Crippen LogP contribution in [0.15, 0.2) is 30.3 Å². The highest BCUT2D eigenvalue weighted by Gasteiger charge is 2.33. The number of carbonyl (C=O) groups is 2. The molecule has 4 rings (SSSR count). The van der Waals surface area contributed by atoms with Crippen molar-refractivity contribution in [3.05, 3.63) is 47.5 Å². The molecule has 2 aliphatic heterocycles. The van der Waals surface area contributed by atoms with Gasteiger partial charge in [0, 0.05) is 45.4 Å². The number of likely N-dealkylation sites (tertiary alicyclic amines) is 1. The summed E-state index contributed by atoms with van der Waals surface area (Å²) in [4.78, 5) is 33.6. The van der Waals surface area contributed by atoms with Gasteiger partial charge in [0.25, 0.3) is 0 Å². The maximum Gasteiger partial charge on any atom is 0.227 e. The zero-order chi connectivity index (χ0) is 20.2. The minimum absolute atomic E-state index is 0.0775. The number of nitrogens with zero attached hydrogens (tertiary/aromatic N) is 5. The molecule has 1 fully saturated rings. The van der Waals surface area contributed by atoms with Gasteiger partial charge in [-0.25, -0.2) is 9.67 Å². The standard InChI is InChI=1S/C22H29N5O2/c1-2-11-26-16-18(8-9-21(26)28)22(29)25-12-10-20-23-19(24-27(20)14-13-25)15-17-6-4-3-5-7-17/h3-7,18H,2,8-16H2,1H3. The monoisotopic (exact) mass is 395 g/mol. The molecule has 0 spiro atoms. The number of rotatable bonds is 5. The van der Waals surface area contributed by atoms with E-state index in [0.717, 1.165) is 37.5 Å². The lowest BCUT2D eigenvalue weighted by Gasteiger charge is -2.34. The van der Waals surface area contributed by atoms with Gasteiger partial charge in [-0.2, -0.15) is 5.10 Å². The normalized spacial score (nSPS) is 19.8. The van der Waals surface area contributed by atoms with E-state index in [1.807, 2.05) is 32.7 Å². The Hall–Kier alpha value is -2.70. The van der Waals surface area contributed by atoms with E-state index in [-0.39, 0.29) is 17.7 Å². The molecule has 1 aromatic carbocycles. The third-order valence-electron chi connectivity index (χ3n) is 5.84. The quantitative estimate of drug-likeness (QED) is 0.775. The summed E-state index contributed by atoms with van der Waals surface area (Å²) in [5.74, 6) is 2.08. The molecule has 2 aromatic rings. The molecule has 1 atom stereocenters. The van der Waals surface area contributed by atoms with E-state index < -0.39 is 0 Å². The van der Waals surface area contributed by atoms with E-state index in [1.54, 1.807) is 0 Å². The van der Waals surface area contributed by atoms with Crippen molar-refractivity contribution in [2.45, 2.75) is 45.6 Å². The molecule has 7 heteroatoms. The third-order valence-corrected chi connectivity index (χ3v) is 5.84. The second-order valence-corrected chi connectivity index (χ2v) is 7.98. The predicted molar refractivity (Wildman–Crippen MR) is 109 cm³/mol. The lowest BCUT2D eigenvalue weighted by molar-refractivity contribution is -0.143. The van der Waals surface area contributed by atoms with E-state index in [9.17, 15) is 9.59 Å². The number of amides is 2. The molecule has 1 aromatic heterocycles. The predicted octanol–water partition coefficient (Wildman–Crippen LogP) is 1.90. The van der Waals surface area contributed by atoms with Crippen LogP contribution in [0, 0.1) is 5.92 Å². The first-order valence-electron chi connectivity index (χ1n) is 10.7. The molecule has 0 aliphatic carbocycles. The molecule has 2 aliphatic rings. The van der Waals surface area contributed by atoms with Crippen molar-refractivity contribution >= 4 is 11.8 Å². The lowest BCUT2D eigenvalue weighted by atomic mass is 9.95. The summed E-state index contributed by atoms with van der Waals surface area (Å²) < 4.78 is 1.96. The lowest BCUT2D eigenvalue weighted by Crippen LogP contribution is -2.47. The van der Waals surface area contributed by atoms with E-state index in [0.29, 0.717) is 39.0 Å². The van der Waals surface area contributed by atoms with Crippen molar-refractivity contribution < 1.29 is 9.59 Å². The first-order valence-corrected chi connectivity index (χ1v) is 10.7. The van der Waals surface area contributed by atoms with Crippen molar-refractivity contribution in [1.29, 1.82) is 0 Å². The highest BCUT2D eigenvalue weighted by molar-refractivity contribution is 5.84. The Bertz CT molecular complexity index is 838. The molecule has 1 unspecified atom stereocenters. The Morgan fingerprint density at radius 1 is 1.14 bits per heavy atom. The first kappa shape index (κ1) is 19.6. The van der Waals surface area contributed by atoms with Crippen LogP contribution in [0.5, 0.6) is 0 Å². The number of fused-ring (bicyclic) bond motifs is 1. The number of aromatic nitrogens is 3. The van der Waals surface area contributed by atoms with Crippen molar-refractivity contribution in [2.24, 2.45) is 5.92 Å². The topological polar surface area (TPSA) is 71.3 Å². The van der Waals surface area contributed by atoms with Crippen LogP contribution in [0.4, 0.5) is 0 Å². The van der Waals surface area contributed by atoms with Crippen molar-refractivity contribution in [1.82, 2.24) is 24.6 Å². The van der Waals surface area contributed by atoms with Gasteiger partial charge in [0.05, 0.1) is 12.5 Å². The van der Waals surface area contributed by atoms with E-state index in [4.69, 9.17) is 4.98 Å². The van der Waals surface area contributed by atoms with Gasteiger partial charge in [-0.3, -0.25) is 9.59 Å². The fourth-order valence-electron chi connectivity index (χ4n) is 4.29. The number of hydrogen-bond acceptors (Lipinski definition) is 4. The molecule has 0 bridgehead atoms. The van der Waals surface area contributed by atoms with Crippen LogP contribution in [0.1, 0.15) is 43.4 Å². The SMILES string of the molecule is CCCN1CC(C(=O)N2CCc3nc(Cc4ccccc4)nn3CC2)CCC1=O. The minimum atomic E-state index is -0.0775. The van der Waals surface area contributed by atoms with E-state index >= 15 is 0 Å². The largest absolute Gasteiger partial charge is 0.342 e. The van der Waals surface area contributed by atoms with E-state index in [1.165, 1.54) is 5.56 Å². The van der Waals surface area contributed by atoms with Gasteiger partial charge in [-0.1, -0.05) is 37.3 Å². The molecule has 3 heterocycles. The van der Waals surface area contributed by atoms with Gasteiger partial charge in [0.2, 0.25) is 11.8 Å². The highest BCUT2D eigenvalue weighted by Crippen LogP contribution is 2.21. The smallest absolute Gasteiger partial charge is 0.227 e. The minimum Gasteiger partial charge on any atom is -0.342 e. The Labute approximate surface area is 171 Å². The molecule has 154 valence electrons. The summed E-state index contributed by atoms with van der Waals surface area (Å²) in [5, 5.41) is 4.67. The molecule has 29 heavy (non-hydrogen) atoms. The van der Waals surface area contributed by atoms with Crippen LogP contribution >= 0.6 is 0 Å². The first-order chi connectivity index (χ1) is 14.1. The Morgan fingerprint density at radius 3 is 2.76 bits per heavy atom. The Morgan fingerprint density at radius 2 is 1.97 bits per heavy atom. The van der Waals surface area contributed by atoms with Gasteiger partial charge in [0.15, 0.2) is 5.82 Å². The van der Waals surface area contributed by atoms with Crippen LogP contribution in [0.2, 0.25) is 0 Å². The fourth-order valence-corrected chi connectivity index (χ4v) is 4.29. The molecule has 0 N–H and O–H groups in total. The van der Waals surface area contributed by atoms with Gasteiger partial charge < -0.3 is 9.80 Å². The van der Waals surface area contributed by atoms with Crippen LogP contribution in [0.3, 0.4) is 0 Å². The second-order valence-electron chi connectivity index (χ2n) is 7.98. The molecule has 2 amide bonds. The van der Waals surface area contributed by atoms with E-state index in [2.05, 4.69) is 24.2 Å². The van der Waals surface area contributed by atoms with Gasteiger partial charge in [0.1, 0.15) is 5.82 Å². The third kappa shape index (κ3) is 4.49. The molecule has 0 radical (unpaired) electrons. The Balaban J connectivity index is 1.37. The number of benzene rings is 1. The summed E-state index contributed by atoms with van der Waals surface area (Å²) in [5.41, 5.74) is 1.20. The number of carbonyl (C=O) groups excluding carboxylic acids is 2. The van der Waals surface area contributed by atoms with Crippen molar-refractivity contribution in [3.8, 4) is 0 Å². The van der Waals surface area contributed by atoms with Gasteiger partial charge >= 0.3 is 0 Å². The van der Waals surface area contributed by atoms with Crippen molar-refractivity contribution in [2.75, 3.05) is 26.2 Å². The van der Waals surface area contributed by atoms with Crippen LogP contribution in [0.25, 0.3) is 0 Å². The summed E-state index contributed by atoms with van der Waals surface area (Å²) in [6.07, 6.45) is 3.52. The zero-order valence-electron chi connectivity index (χ0n) is 17.1. The Kier molecular flexibility index (Phi) is 5.92. The maximum atomic E-state index is 13.1. The number of hydrogen-bond donors (Lipinski definition) is 0. The fraction of sp³-hybridized carbons (Fsp3) is 0.545. The highest BCUT2D eigenvalue weighted by atomic mass is 16.2. The summed E-state index contributed by atoms with van der Waals surface area (Å²) in [7, 11) is 0. The summed E-state index contributed by atoms with van der Waals surface area (Å²) in [6.45, 7) is 5.36. The summed E-state index contributed by atoms with van der Waals surface area (Å²) in [6, 6.07) is 10.2. The molecule has 0 saturated carbocycles. The van der Waals surface area contributed by atoms with Gasteiger partial charge in [-0.05, 0) is 18.4 Å². The van der Waals surface area contributed by atoms with Crippen molar-refractivity contribution in [3.63, 3.8) is 0 Å². The summed E-state index contributed by atoms with van der Waals surface area (Å²) >= 11 is 0.